The molecule has 0 radical (unpaired) electrons. The van der Waals surface area contributed by atoms with Crippen molar-refractivity contribution in [1.82, 2.24) is 5.32 Å². The molecule has 2 N–H and O–H groups in total. The third-order valence-electron chi connectivity index (χ3n) is 2.07. The minimum atomic E-state index is -0.785. The first-order chi connectivity index (χ1) is 6.59. The number of hydrogen-bond donors (Lipinski definition) is 2. The second-order valence-electron chi connectivity index (χ2n) is 3.67. The van der Waals surface area contributed by atoms with Crippen molar-refractivity contribution in [2.24, 2.45) is 5.92 Å². The van der Waals surface area contributed by atoms with E-state index in [1.54, 1.807) is 7.05 Å². The van der Waals surface area contributed by atoms with Crippen LogP contribution in [-0.4, -0.2) is 37.4 Å². The van der Waals surface area contributed by atoms with Crippen LogP contribution in [0.3, 0.4) is 0 Å². The summed E-state index contributed by atoms with van der Waals surface area (Å²) in [5.74, 6) is -0.639. The lowest BCUT2D eigenvalue weighted by molar-refractivity contribution is -0.140. The molecule has 1 fully saturated rings. The molecule has 0 aromatic heterocycles. The maximum Gasteiger partial charge on any atom is 0.320 e. The van der Waals surface area contributed by atoms with E-state index in [0.29, 0.717) is 0 Å². The Bertz CT molecular complexity index is 148. The SMILES string of the molecule is C1CCOC1.CN[C@@H](C(=O)O)C(C)C. The number of carboxylic acids is 1. The molecule has 0 saturated carbocycles. The van der Waals surface area contributed by atoms with Gasteiger partial charge in [-0.15, -0.1) is 0 Å². The Morgan fingerprint density at radius 3 is 1.93 bits per heavy atom. The summed E-state index contributed by atoms with van der Waals surface area (Å²) < 4.78 is 4.94. The van der Waals surface area contributed by atoms with Gasteiger partial charge in [0.2, 0.25) is 0 Å². The van der Waals surface area contributed by atoms with Crippen LogP contribution in [-0.2, 0) is 9.53 Å². The van der Waals surface area contributed by atoms with Crippen molar-refractivity contribution >= 4 is 5.97 Å². The van der Waals surface area contributed by atoms with Crippen molar-refractivity contribution in [1.29, 1.82) is 0 Å². The molecule has 0 spiro atoms. The van der Waals surface area contributed by atoms with Crippen LogP contribution in [0.2, 0.25) is 0 Å². The average molecular weight is 203 g/mol. The minimum absolute atomic E-state index is 0.146. The maximum absolute atomic E-state index is 10.3. The number of aliphatic carboxylic acids is 1. The van der Waals surface area contributed by atoms with E-state index in [9.17, 15) is 4.79 Å². The summed E-state index contributed by atoms with van der Waals surface area (Å²) in [6.07, 6.45) is 2.56. The van der Waals surface area contributed by atoms with Gasteiger partial charge in [-0.1, -0.05) is 13.8 Å². The Kier molecular flexibility index (Phi) is 7.42. The first kappa shape index (κ1) is 13.4. The van der Waals surface area contributed by atoms with E-state index in [4.69, 9.17) is 9.84 Å². The van der Waals surface area contributed by atoms with Crippen LogP contribution >= 0.6 is 0 Å². The molecule has 1 aliphatic rings. The molecular formula is C10H21NO3. The molecule has 4 heteroatoms. The number of hydrogen-bond acceptors (Lipinski definition) is 3. The van der Waals surface area contributed by atoms with E-state index < -0.39 is 12.0 Å². The number of likely N-dealkylation sites (N-methyl/N-ethyl adjacent to an activating group) is 1. The Balaban J connectivity index is 0.000000280. The highest BCUT2D eigenvalue weighted by Gasteiger charge is 2.17. The second kappa shape index (κ2) is 7.76. The van der Waals surface area contributed by atoms with Crippen molar-refractivity contribution in [2.45, 2.75) is 32.7 Å². The predicted molar refractivity (Wildman–Crippen MR) is 55.4 cm³/mol. The van der Waals surface area contributed by atoms with E-state index in [1.807, 2.05) is 13.8 Å². The van der Waals surface area contributed by atoms with Gasteiger partial charge in [-0.25, -0.2) is 0 Å². The van der Waals surface area contributed by atoms with Gasteiger partial charge in [0.05, 0.1) is 0 Å². The topological polar surface area (TPSA) is 58.6 Å². The minimum Gasteiger partial charge on any atom is -0.480 e. The molecule has 1 saturated heterocycles. The molecule has 0 unspecified atom stereocenters. The second-order valence-corrected chi connectivity index (χ2v) is 3.67. The lowest BCUT2D eigenvalue weighted by Gasteiger charge is -2.13. The third kappa shape index (κ3) is 5.94. The van der Waals surface area contributed by atoms with Crippen molar-refractivity contribution in [2.75, 3.05) is 20.3 Å². The highest BCUT2D eigenvalue weighted by Crippen LogP contribution is 1.99. The van der Waals surface area contributed by atoms with Gasteiger partial charge in [0.25, 0.3) is 0 Å². The Labute approximate surface area is 85.6 Å². The van der Waals surface area contributed by atoms with Crippen LogP contribution in [0.4, 0.5) is 0 Å². The third-order valence-corrected chi connectivity index (χ3v) is 2.07. The molecule has 0 amide bonds. The summed E-state index contributed by atoms with van der Waals surface area (Å²) in [6, 6.07) is -0.412. The van der Waals surface area contributed by atoms with Gasteiger partial charge in [-0.3, -0.25) is 4.79 Å². The summed E-state index contributed by atoms with van der Waals surface area (Å²) >= 11 is 0. The highest BCUT2D eigenvalue weighted by molar-refractivity contribution is 5.73. The summed E-state index contributed by atoms with van der Waals surface area (Å²) in [5.41, 5.74) is 0. The molecule has 0 aliphatic carbocycles. The van der Waals surface area contributed by atoms with Gasteiger partial charge in [0.15, 0.2) is 0 Å². The Morgan fingerprint density at radius 2 is 1.86 bits per heavy atom. The van der Waals surface area contributed by atoms with Crippen LogP contribution in [0.25, 0.3) is 0 Å². The average Bonchev–Trinajstić information content (AvgIpc) is 2.59. The molecule has 4 nitrogen and oxygen atoms in total. The van der Waals surface area contributed by atoms with Crippen molar-refractivity contribution in [3.05, 3.63) is 0 Å². The van der Waals surface area contributed by atoms with Gasteiger partial charge >= 0.3 is 5.97 Å². The molecule has 84 valence electrons. The molecule has 1 aliphatic heterocycles. The molecule has 0 aromatic rings. The fourth-order valence-corrected chi connectivity index (χ4v) is 1.25. The Morgan fingerprint density at radius 1 is 1.36 bits per heavy atom. The highest BCUT2D eigenvalue weighted by atomic mass is 16.5. The number of ether oxygens (including phenoxy) is 1. The van der Waals surface area contributed by atoms with Crippen molar-refractivity contribution in [3.63, 3.8) is 0 Å². The van der Waals surface area contributed by atoms with Gasteiger partial charge in [0.1, 0.15) is 6.04 Å². The summed E-state index contributed by atoms with van der Waals surface area (Å²) in [4.78, 5) is 10.3. The van der Waals surface area contributed by atoms with E-state index in [1.165, 1.54) is 12.8 Å². The molecular weight excluding hydrogens is 182 g/mol. The number of carboxylic acid groups (broad SMARTS) is 1. The number of carbonyl (C=O) groups is 1. The first-order valence-corrected chi connectivity index (χ1v) is 5.07. The zero-order valence-corrected chi connectivity index (χ0v) is 9.25. The molecule has 0 bridgehead atoms. The van der Waals surface area contributed by atoms with E-state index in [0.717, 1.165) is 13.2 Å². The van der Waals surface area contributed by atoms with Crippen LogP contribution in [0, 0.1) is 5.92 Å². The summed E-state index contributed by atoms with van der Waals surface area (Å²) in [6.45, 7) is 5.74. The number of nitrogens with one attached hydrogen (secondary N) is 1. The van der Waals surface area contributed by atoms with Gasteiger partial charge in [-0.05, 0) is 25.8 Å². The predicted octanol–water partition coefficient (Wildman–Crippen LogP) is 1.11. The smallest absolute Gasteiger partial charge is 0.320 e. The summed E-state index contributed by atoms with van der Waals surface area (Å²) in [5, 5.41) is 11.2. The van der Waals surface area contributed by atoms with E-state index in [-0.39, 0.29) is 5.92 Å². The van der Waals surface area contributed by atoms with E-state index >= 15 is 0 Å². The van der Waals surface area contributed by atoms with Crippen LogP contribution in [0.15, 0.2) is 0 Å². The number of rotatable bonds is 3. The first-order valence-electron chi connectivity index (χ1n) is 5.07. The fraction of sp³-hybridized carbons (Fsp3) is 0.900. The van der Waals surface area contributed by atoms with Gasteiger partial charge in [-0.2, -0.15) is 0 Å². The van der Waals surface area contributed by atoms with Crippen LogP contribution < -0.4 is 5.32 Å². The molecule has 14 heavy (non-hydrogen) atoms. The maximum atomic E-state index is 10.3. The van der Waals surface area contributed by atoms with Crippen LogP contribution in [0.5, 0.6) is 0 Å². The largest absolute Gasteiger partial charge is 0.480 e. The Hall–Kier alpha value is -0.610. The lowest BCUT2D eigenvalue weighted by Crippen LogP contribution is -2.38. The van der Waals surface area contributed by atoms with Gasteiger partial charge in [0, 0.05) is 13.2 Å². The normalized spacial score (nSPS) is 17.4. The van der Waals surface area contributed by atoms with E-state index in [2.05, 4.69) is 5.32 Å². The van der Waals surface area contributed by atoms with Crippen molar-refractivity contribution in [3.8, 4) is 0 Å². The molecule has 1 heterocycles. The van der Waals surface area contributed by atoms with Gasteiger partial charge < -0.3 is 15.2 Å². The molecule has 1 rings (SSSR count). The lowest BCUT2D eigenvalue weighted by atomic mass is 10.1. The molecule has 1 atom stereocenters. The quantitative estimate of drug-likeness (QED) is 0.721. The molecule has 0 aromatic carbocycles. The zero-order chi connectivity index (χ0) is 11.0. The summed E-state index contributed by atoms with van der Waals surface area (Å²) in [7, 11) is 1.65. The van der Waals surface area contributed by atoms with Crippen LogP contribution in [0.1, 0.15) is 26.7 Å². The van der Waals surface area contributed by atoms with Crippen molar-refractivity contribution < 1.29 is 14.6 Å². The monoisotopic (exact) mass is 203 g/mol. The fourth-order valence-electron chi connectivity index (χ4n) is 1.25. The standard InChI is InChI=1S/C6H13NO2.C4H8O/c1-4(2)5(7-3)6(8)9;1-2-4-5-3-1/h4-5,7H,1-3H3,(H,8,9);1-4H2/t5-;/m1./s1. The zero-order valence-electron chi connectivity index (χ0n) is 9.25.